The van der Waals surface area contributed by atoms with Crippen LogP contribution in [-0.2, 0) is 9.59 Å². The molecule has 0 fully saturated rings. The summed E-state index contributed by atoms with van der Waals surface area (Å²) in [7, 11) is 0. The number of amides is 1. The van der Waals surface area contributed by atoms with Crippen LogP contribution in [0.3, 0.4) is 0 Å². The van der Waals surface area contributed by atoms with Crippen molar-refractivity contribution in [1.82, 2.24) is 5.32 Å². The minimum atomic E-state index is -0.388. The summed E-state index contributed by atoms with van der Waals surface area (Å²) in [6.45, 7) is 13.1. The summed E-state index contributed by atoms with van der Waals surface area (Å²) in [5.74, 6) is 3.64. The molecule has 4 heteroatoms. The van der Waals surface area contributed by atoms with Gasteiger partial charge in [0.15, 0.2) is 5.78 Å². The number of hydrogen-bond acceptors (Lipinski definition) is 3. The molecule has 0 bridgehead atoms. The highest BCUT2D eigenvalue weighted by molar-refractivity contribution is 7.98. The lowest BCUT2D eigenvalue weighted by molar-refractivity contribution is -0.124. The summed E-state index contributed by atoms with van der Waals surface area (Å²) >= 11 is 1.70. The van der Waals surface area contributed by atoms with Gasteiger partial charge in [0.05, 0.1) is 6.04 Å². The second-order valence-corrected chi connectivity index (χ2v) is 11.2. The fourth-order valence-corrected chi connectivity index (χ4v) is 4.48. The molecule has 0 saturated heterocycles. The Morgan fingerprint density at radius 3 is 1.81 bits per heavy atom. The van der Waals surface area contributed by atoms with Gasteiger partial charge < -0.3 is 5.32 Å². The third-order valence-corrected chi connectivity index (χ3v) is 6.79. The summed E-state index contributed by atoms with van der Waals surface area (Å²) in [5, 5.41) is 2.79. The normalized spacial score (nSPS) is 15.7. The number of carbonyl (C=O) groups excluding carboxylic acids is 2. The van der Waals surface area contributed by atoms with Crippen molar-refractivity contribution in [1.29, 1.82) is 0 Å². The van der Waals surface area contributed by atoms with Crippen molar-refractivity contribution in [2.24, 2.45) is 23.7 Å². The molecule has 0 heterocycles. The summed E-state index contributed by atoms with van der Waals surface area (Å²) in [5.41, 5.74) is 0. The van der Waals surface area contributed by atoms with Gasteiger partial charge in [0.1, 0.15) is 0 Å². The average molecular weight is 454 g/mol. The molecule has 0 radical (unpaired) electrons. The van der Waals surface area contributed by atoms with E-state index in [1.54, 1.807) is 17.8 Å². The Morgan fingerprint density at radius 1 is 0.806 bits per heavy atom. The molecule has 0 aromatic carbocycles. The van der Waals surface area contributed by atoms with Crippen LogP contribution in [-0.4, -0.2) is 29.7 Å². The molecular formula is C27H51NO2S. The lowest BCUT2D eigenvalue weighted by Crippen LogP contribution is -2.39. The van der Waals surface area contributed by atoms with Crippen molar-refractivity contribution >= 4 is 23.5 Å². The molecule has 0 aliphatic carbocycles. The van der Waals surface area contributed by atoms with Crippen LogP contribution in [0.15, 0.2) is 12.2 Å². The van der Waals surface area contributed by atoms with Gasteiger partial charge in [-0.15, -0.1) is 0 Å². The first-order valence-corrected chi connectivity index (χ1v) is 14.0. The lowest BCUT2D eigenvalue weighted by atomic mass is 9.91. The maximum absolute atomic E-state index is 12.4. The van der Waals surface area contributed by atoms with Gasteiger partial charge in [-0.25, -0.2) is 0 Å². The van der Waals surface area contributed by atoms with Crippen LogP contribution in [0.5, 0.6) is 0 Å². The highest BCUT2D eigenvalue weighted by atomic mass is 32.2. The number of ketones is 1. The number of rotatable bonds is 19. The van der Waals surface area contributed by atoms with Gasteiger partial charge in [0.25, 0.3) is 0 Å². The Kier molecular flexibility index (Phi) is 18.3. The second kappa shape index (κ2) is 18.8. The van der Waals surface area contributed by atoms with Crippen LogP contribution in [0, 0.1) is 23.7 Å². The first-order valence-electron chi connectivity index (χ1n) is 12.6. The van der Waals surface area contributed by atoms with Crippen LogP contribution in [0.1, 0.15) is 106 Å². The van der Waals surface area contributed by atoms with E-state index in [-0.39, 0.29) is 17.7 Å². The van der Waals surface area contributed by atoms with Gasteiger partial charge in [-0.1, -0.05) is 92.1 Å². The molecule has 0 aromatic rings. The Morgan fingerprint density at radius 2 is 1.32 bits per heavy atom. The van der Waals surface area contributed by atoms with E-state index in [2.05, 4.69) is 39.9 Å². The van der Waals surface area contributed by atoms with Crippen molar-refractivity contribution in [2.45, 2.75) is 112 Å². The minimum Gasteiger partial charge on any atom is -0.346 e. The molecule has 0 aliphatic rings. The van der Waals surface area contributed by atoms with Crippen molar-refractivity contribution in [3.8, 4) is 0 Å². The number of allylic oxidation sites excluding steroid dienone is 1. The molecule has 0 rings (SSSR count). The van der Waals surface area contributed by atoms with Gasteiger partial charge in [-0.05, 0) is 54.6 Å². The zero-order chi connectivity index (χ0) is 23.6. The molecule has 3 nitrogen and oxygen atoms in total. The maximum Gasteiger partial charge on any atom is 0.217 e. The van der Waals surface area contributed by atoms with E-state index in [4.69, 9.17) is 0 Å². The average Bonchev–Trinajstić information content (AvgIpc) is 2.68. The van der Waals surface area contributed by atoms with Crippen molar-refractivity contribution < 1.29 is 9.59 Å². The Bertz CT molecular complexity index is 503. The number of nitrogens with one attached hydrogen (secondary N) is 1. The van der Waals surface area contributed by atoms with Crippen molar-refractivity contribution in [3.63, 3.8) is 0 Å². The Hall–Kier alpha value is -0.770. The third-order valence-electron chi connectivity index (χ3n) is 6.15. The van der Waals surface area contributed by atoms with Gasteiger partial charge in [-0.3, -0.25) is 9.59 Å². The summed E-state index contributed by atoms with van der Waals surface area (Å²) in [4.78, 5) is 23.8. The van der Waals surface area contributed by atoms with Crippen molar-refractivity contribution in [3.05, 3.63) is 12.2 Å². The second-order valence-electron chi connectivity index (χ2n) is 10.2. The van der Waals surface area contributed by atoms with Crippen LogP contribution < -0.4 is 5.32 Å². The Labute approximate surface area is 198 Å². The van der Waals surface area contributed by atoms with Crippen LogP contribution in [0.25, 0.3) is 0 Å². The quantitative estimate of drug-likeness (QED) is 0.207. The highest BCUT2D eigenvalue weighted by Gasteiger charge is 2.16. The number of carbonyl (C=O) groups is 2. The van der Waals surface area contributed by atoms with E-state index in [9.17, 15) is 9.59 Å². The van der Waals surface area contributed by atoms with E-state index in [0.29, 0.717) is 12.3 Å². The first kappa shape index (κ1) is 30.2. The van der Waals surface area contributed by atoms with Gasteiger partial charge in [0.2, 0.25) is 5.91 Å². The smallest absolute Gasteiger partial charge is 0.217 e. The molecule has 0 aromatic heterocycles. The zero-order valence-electron chi connectivity index (χ0n) is 21.5. The van der Waals surface area contributed by atoms with Crippen molar-refractivity contribution in [2.75, 3.05) is 12.0 Å². The summed E-state index contributed by atoms with van der Waals surface area (Å²) in [6, 6.07) is -0.388. The maximum atomic E-state index is 12.4. The topological polar surface area (TPSA) is 46.2 Å². The lowest BCUT2D eigenvalue weighted by Gasteiger charge is -2.16. The predicted octanol–water partition coefficient (Wildman–Crippen LogP) is 7.44. The van der Waals surface area contributed by atoms with Crippen LogP contribution in [0.4, 0.5) is 0 Å². The fraction of sp³-hybridized carbons (Fsp3) is 0.852. The largest absolute Gasteiger partial charge is 0.346 e. The summed E-state index contributed by atoms with van der Waals surface area (Å²) < 4.78 is 0. The zero-order valence-corrected chi connectivity index (χ0v) is 22.4. The molecule has 4 atom stereocenters. The molecule has 3 unspecified atom stereocenters. The molecule has 31 heavy (non-hydrogen) atoms. The fourth-order valence-electron chi connectivity index (χ4n) is 4.00. The third kappa shape index (κ3) is 18.5. The molecule has 0 spiro atoms. The molecule has 182 valence electrons. The SMILES string of the molecule is CSCC[C@H](NC(C)=O)C(=O)/C=C/C(C)CCCC(C)CCCC(C)CCCC(C)C. The van der Waals surface area contributed by atoms with Crippen LogP contribution >= 0.6 is 11.8 Å². The van der Waals surface area contributed by atoms with E-state index in [1.807, 2.05) is 12.3 Å². The predicted molar refractivity (Wildman–Crippen MR) is 139 cm³/mol. The Balaban J connectivity index is 4.05. The van der Waals surface area contributed by atoms with Gasteiger partial charge >= 0.3 is 0 Å². The number of thioether (sulfide) groups is 1. The molecule has 0 saturated carbocycles. The van der Waals surface area contributed by atoms with Crippen LogP contribution in [0.2, 0.25) is 0 Å². The molecule has 1 N–H and O–H groups in total. The van der Waals surface area contributed by atoms with E-state index in [0.717, 1.165) is 29.9 Å². The van der Waals surface area contributed by atoms with Gasteiger partial charge in [0, 0.05) is 6.92 Å². The van der Waals surface area contributed by atoms with Gasteiger partial charge in [-0.2, -0.15) is 11.8 Å². The minimum absolute atomic E-state index is 0.0204. The monoisotopic (exact) mass is 453 g/mol. The van der Waals surface area contributed by atoms with E-state index >= 15 is 0 Å². The molecule has 0 aliphatic heterocycles. The van der Waals surface area contributed by atoms with E-state index in [1.165, 1.54) is 58.3 Å². The molecule has 1 amide bonds. The van der Waals surface area contributed by atoms with E-state index < -0.39 is 0 Å². The standard InChI is InChI=1S/C27H51NO2S/c1-21(2)11-8-12-22(3)13-9-14-23(4)15-10-16-24(5)17-18-27(30)26(19-20-31-7)28-25(6)29/h17-18,21-24,26H,8-16,19-20H2,1-7H3,(H,28,29)/b18-17+/t22?,23?,24?,26-/m0/s1. The number of hydrogen-bond donors (Lipinski definition) is 1. The molecular weight excluding hydrogens is 402 g/mol. The highest BCUT2D eigenvalue weighted by Crippen LogP contribution is 2.22. The first-order chi connectivity index (χ1) is 14.6. The summed E-state index contributed by atoms with van der Waals surface area (Å²) in [6.07, 6.45) is 18.2.